The molecule has 15 atom stereocenters. The first-order valence-corrected chi connectivity index (χ1v) is 18.6. The van der Waals surface area contributed by atoms with Crippen molar-refractivity contribution in [2.75, 3.05) is 59.4 Å². The number of phosphoric acid groups is 2. The molecule has 22 nitrogen and oxygen atoms in total. The largest absolute Gasteiger partial charge is 0.472 e. The average molecular weight is 800 g/mol. The highest BCUT2D eigenvalue weighted by Crippen LogP contribution is 2.49. The Labute approximate surface area is 290 Å². The molecule has 0 aromatic carbocycles. The highest BCUT2D eigenvalue weighted by Gasteiger charge is 2.56. The molecule has 2 saturated heterocycles. The third-order valence-electron chi connectivity index (χ3n) is 7.56. The fraction of sp³-hybridized carbons (Fsp3) is 1.00. The highest BCUT2D eigenvalue weighted by atomic mass is 31.2. The van der Waals surface area contributed by atoms with E-state index in [0.29, 0.717) is 25.8 Å². The van der Waals surface area contributed by atoms with E-state index in [1.165, 1.54) is 0 Å². The van der Waals surface area contributed by atoms with Gasteiger partial charge in [0.15, 0.2) is 18.6 Å². The van der Waals surface area contributed by atoms with E-state index in [4.69, 9.17) is 38.8 Å². The minimum absolute atomic E-state index is 0.172. The lowest BCUT2D eigenvalue weighted by molar-refractivity contribution is -0.211. The molecule has 26 heteroatoms. The molecule has 0 amide bonds. The van der Waals surface area contributed by atoms with Gasteiger partial charge < -0.3 is 80.4 Å². The van der Waals surface area contributed by atoms with Crippen molar-refractivity contribution in [3.05, 3.63) is 0 Å². The van der Waals surface area contributed by atoms with Gasteiger partial charge in [0, 0.05) is 0 Å². The summed E-state index contributed by atoms with van der Waals surface area (Å²) >= 11 is 0. The van der Waals surface area contributed by atoms with Gasteiger partial charge in [0.2, 0.25) is 0 Å². The molecule has 9 unspecified atom stereocenters. The van der Waals surface area contributed by atoms with E-state index in [-0.39, 0.29) is 6.61 Å². The van der Waals surface area contributed by atoms with Crippen molar-refractivity contribution in [1.82, 2.24) is 0 Å². The number of unbranched alkanes of at least 4 members (excludes halogenated alkanes) is 2. The van der Waals surface area contributed by atoms with Crippen molar-refractivity contribution in [1.29, 1.82) is 0 Å². The highest BCUT2D eigenvalue weighted by molar-refractivity contribution is 7.47. The van der Waals surface area contributed by atoms with Crippen LogP contribution in [-0.4, -0.2) is 195 Å². The summed E-state index contributed by atoms with van der Waals surface area (Å²) in [5.74, 6) is -3.22. The summed E-state index contributed by atoms with van der Waals surface area (Å²) in [7, 11) is -10.1. The molecule has 2 rings (SSSR count). The number of phosphoric ester groups is 2. The summed E-state index contributed by atoms with van der Waals surface area (Å²) < 4.78 is 92.7. The Morgan fingerprint density at radius 2 is 1.35 bits per heavy atom. The van der Waals surface area contributed by atoms with Crippen LogP contribution in [0.15, 0.2) is 0 Å². The molecule has 0 aliphatic carbocycles. The van der Waals surface area contributed by atoms with Gasteiger partial charge in [0.1, 0.15) is 61.5 Å². The van der Waals surface area contributed by atoms with Gasteiger partial charge in [-0.05, 0) is 25.8 Å². The van der Waals surface area contributed by atoms with Crippen molar-refractivity contribution in [3.63, 3.8) is 0 Å². The summed E-state index contributed by atoms with van der Waals surface area (Å²) in [5.41, 5.74) is 5.34. The first-order valence-electron chi connectivity index (χ1n) is 15.6. The number of halogens is 2. The molecule has 0 bridgehead atoms. The lowest BCUT2D eigenvalue weighted by atomic mass is 10.1. The molecule has 13 N–H and O–H groups in total. The maximum absolute atomic E-state index is 15.8. The number of hydrogen-bond donors (Lipinski definition) is 12. The normalized spacial score (nSPS) is 32.9. The van der Waals surface area contributed by atoms with E-state index >= 15 is 4.39 Å². The predicted octanol–water partition coefficient (Wildman–Crippen LogP) is -4.58. The van der Waals surface area contributed by atoms with E-state index in [2.05, 4.69) is 9.05 Å². The van der Waals surface area contributed by atoms with Crippen LogP contribution >= 0.6 is 15.6 Å². The second-order valence-corrected chi connectivity index (χ2v) is 14.5. The van der Waals surface area contributed by atoms with Crippen molar-refractivity contribution < 1.29 is 111 Å². The van der Waals surface area contributed by atoms with Crippen molar-refractivity contribution in [2.24, 2.45) is 5.73 Å². The van der Waals surface area contributed by atoms with Crippen LogP contribution in [0.1, 0.15) is 19.3 Å². The SMILES string of the molecule is NCCCCCOP(=O)(O)OCC(O)C(O)C(O)CO[C@]1(F)CO[C@H](CO)[C@@H]1OP(=O)(O)OCC(O)C(O)C(O)CO[C@@H]1O[C@H](CO)C(O)[C@@H]1F. The van der Waals surface area contributed by atoms with E-state index in [9.17, 15) is 64.2 Å². The number of ether oxygens (including phenoxy) is 4. The second-order valence-electron chi connectivity index (χ2n) is 11.6. The Morgan fingerprint density at radius 1 is 0.804 bits per heavy atom. The Morgan fingerprint density at radius 3 is 1.90 bits per heavy atom. The Bertz CT molecular complexity index is 1110. The summed E-state index contributed by atoms with van der Waals surface area (Å²) in [4.78, 5) is 19.9. The molecule has 0 aromatic rings. The smallest absolute Gasteiger partial charge is 0.394 e. The summed E-state index contributed by atoms with van der Waals surface area (Å²) in [6.07, 6.45) is -21.8. The zero-order valence-electron chi connectivity index (χ0n) is 27.1. The van der Waals surface area contributed by atoms with Crippen molar-refractivity contribution in [2.45, 2.75) is 98.6 Å². The predicted molar refractivity (Wildman–Crippen MR) is 161 cm³/mol. The zero-order chi connectivity index (χ0) is 38.6. The van der Waals surface area contributed by atoms with Crippen molar-refractivity contribution >= 4 is 15.6 Å². The molecule has 0 radical (unpaired) electrons. The lowest BCUT2D eigenvalue weighted by Crippen LogP contribution is -2.49. The molecule has 2 heterocycles. The number of aliphatic hydroxyl groups is 9. The van der Waals surface area contributed by atoms with Crippen LogP contribution in [0.5, 0.6) is 0 Å². The van der Waals surface area contributed by atoms with Gasteiger partial charge in [-0.2, -0.15) is 0 Å². The van der Waals surface area contributed by atoms with Gasteiger partial charge in [-0.15, -0.1) is 0 Å². The minimum Gasteiger partial charge on any atom is -0.394 e. The maximum Gasteiger partial charge on any atom is 0.472 e. The lowest BCUT2D eigenvalue weighted by Gasteiger charge is -2.31. The first-order chi connectivity index (χ1) is 23.8. The van der Waals surface area contributed by atoms with Crippen LogP contribution in [0.3, 0.4) is 0 Å². The number of rotatable bonds is 26. The molecule has 0 saturated carbocycles. The number of hydrogen-bond acceptors (Lipinski definition) is 20. The van der Waals surface area contributed by atoms with Gasteiger partial charge >= 0.3 is 15.6 Å². The summed E-state index contributed by atoms with van der Waals surface area (Å²) in [5, 5.41) is 89.0. The third kappa shape index (κ3) is 14.6. The fourth-order valence-corrected chi connectivity index (χ4v) is 6.30. The van der Waals surface area contributed by atoms with Crippen LogP contribution in [-0.2, 0) is 46.2 Å². The van der Waals surface area contributed by atoms with Crippen LogP contribution in [0.25, 0.3) is 0 Å². The fourth-order valence-electron chi connectivity index (χ4n) is 4.54. The Balaban J connectivity index is 1.87. The molecule has 2 aliphatic heterocycles. The molecular formula is C25H49F2NO21P2. The molecule has 0 spiro atoms. The minimum atomic E-state index is -5.43. The van der Waals surface area contributed by atoms with Gasteiger partial charge in [0.05, 0.1) is 46.2 Å². The quantitative estimate of drug-likeness (QED) is 0.0289. The van der Waals surface area contributed by atoms with E-state index < -0.39 is 141 Å². The molecular weight excluding hydrogens is 750 g/mol. The first kappa shape index (κ1) is 46.7. The van der Waals surface area contributed by atoms with Gasteiger partial charge in [-0.3, -0.25) is 18.1 Å². The molecule has 304 valence electrons. The van der Waals surface area contributed by atoms with Gasteiger partial charge in [0.25, 0.3) is 5.85 Å². The average Bonchev–Trinajstić information content (AvgIpc) is 3.55. The van der Waals surface area contributed by atoms with Crippen molar-refractivity contribution in [3.8, 4) is 0 Å². The topological polar surface area (TPSA) is 357 Å². The number of alkyl halides is 2. The van der Waals surface area contributed by atoms with Crippen LogP contribution < -0.4 is 5.73 Å². The zero-order valence-corrected chi connectivity index (χ0v) is 28.9. The Kier molecular flexibility index (Phi) is 19.7. The van der Waals surface area contributed by atoms with Gasteiger partial charge in [-0.1, -0.05) is 0 Å². The number of aliphatic hydroxyl groups excluding tert-OH is 9. The molecule has 2 aliphatic rings. The third-order valence-corrected chi connectivity index (χ3v) is 9.51. The van der Waals surface area contributed by atoms with E-state index in [0.717, 1.165) is 0 Å². The number of nitrogens with two attached hydrogens (primary N) is 1. The van der Waals surface area contributed by atoms with Crippen LogP contribution in [0, 0.1) is 0 Å². The standard InChI is InChI=1S/C25H49F2NO21P2/c26-19-22(37)17(6-29)48-24(19)42-8-13(31)20(35)16(34)11-47-51(40,41)49-23-18(7-30)43-12-25(23,27)44-9-14(32)21(36)15(33)10-46-50(38,39)45-5-3-1-2-4-28/h13-24,29-37H,1-12,28H2,(H,38,39)(H,40,41)/t13?,14?,15?,16?,17-,18-,19+,20?,21?,22?,23+,24-,25-/m1/s1. The summed E-state index contributed by atoms with van der Waals surface area (Å²) in [6.45, 7) is -6.88. The monoisotopic (exact) mass is 799 g/mol. The van der Waals surface area contributed by atoms with Crippen LogP contribution in [0.4, 0.5) is 8.78 Å². The molecule has 2 fully saturated rings. The van der Waals surface area contributed by atoms with E-state index in [1.54, 1.807) is 0 Å². The summed E-state index contributed by atoms with van der Waals surface area (Å²) in [6, 6.07) is 0. The second kappa shape index (κ2) is 21.6. The maximum atomic E-state index is 15.8. The van der Waals surface area contributed by atoms with Gasteiger partial charge in [-0.25, -0.2) is 17.9 Å². The molecule has 0 aromatic heterocycles. The molecule has 51 heavy (non-hydrogen) atoms. The Hall–Kier alpha value is -0.480. The van der Waals surface area contributed by atoms with Crippen LogP contribution in [0.2, 0.25) is 0 Å². The van der Waals surface area contributed by atoms with E-state index in [1.807, 2.05) is 0 Å².